The molecule has 2 rings (SSSR count). The first-order valence-corrected chi connectivity index (χ1v) is 7.97. The van der Waals surface area contributed by atoms with Gasteiger partial charge in [0.1, 0.15) is 0 Å². The lowest BCUT2D eigenvalue weighted by atomic mass is 10.0. The minimum absolute atomic E-state index is 0.0876. The van der Waals surface area contributed by atoms with E-state index in [-0.39, 0.29) is 5.75 Å². The fraction of sp³-hybridized carbons (Fsp3) is 0.222. The predicted molar refractivity (Wildman–Crippen MR) is 102 cm³/mol. The molecule has 0 saturated heterocycles. The predicted octanol–water partition coefficient (Wildman–Crippen LogP) is 3.84. The van der Waals surface area contributed by atoms with Crippen molar-refractivity contribution >= 4 is 29.2 Å². The number of benzene rings is 2. The zero-order valence-corrected chi connectivity index (χ0v) is 14.7. The quantitative estimate of drug-likeness (QED) is 0.437. The second-order valence-corrected chi connectivity index (χ2v) is 5.94. The Balaban J connectivity index is 1.90. The molecular formula is C18H21N3O2S. The SMILES string of the molecule is COc1cc(/C=N/NC(=S)Nc2ccc(C(C)C)cc2)ccc1O. The van der Waals surface area contributed by atoms with Crippen molar-refractivity contribution < 1.29 is 9.84 Å². The summed E-state index contributed by atoms with van der Waals surface area (Å²) in [6, 6.07) is 13.1. The van der Waals surface area contributed by atoms with E-state index in [0.717, 1.165) is 11.3 Å². The van der Waals surface area contributed by atoms with Gasteiger partial charge in [-0.05, 0) is 59.6 Å². The maximum atomic E-state index is 9.55. The molecule has 0 aliphatic heterocycles. The highest BCUT2D eigenvalue weighted by Crippen LogP contribution is 2.25. The van der Waals surface area contributed by atoms with E-state index in [9.17, 15) is 5.11 Å². The zero-order chi connectivity index (χ0) is 17.5. The van der Waals surface area contributed by atoms with Gasteiger partial charge in [-0.25, -0.2) is 0 Å². The Morgan fingerprint density at radius 2 is 1.92 bits per heavy atom. The Morgan fingerprint density at radius 1 is 1.21 bits per heavy atom. The Labute approximate surface area is 147 Å². The number of rotatable bonds is 5. The molecule has 0 radical (unpaired) electrons. The molecule has 0 saturated carbocycles. The van der Waals surface area contributed by atoms with Crippen LogP contribution >= 0.6 is 12.2 Å². The van der Waals surface area contributed by atoms with Crippen LogP contribution in [0.2, 0.25) is 0 Å². The first-order chi connectivity index (χ1) is 11.5. The maximum absolute atomic E-state index is 9.55. The van der Waals surface area contributed by atoms with E-state index in [1.807, 2.05) is 12.1 Å². The Morgan fingerprint density at radius 3 is 2.54 bits per heavy atom. The second-order valence-electron chi connectivity index (χ2n) is 5.53. The van der Waals surface area contributed by atoms with Gasteiger partial charge in [0.25, 0.3) is 0 Å². The minimum Gasteiger partial charge on any atom is -0.504 e. The first kappa shape index (κ1) is 17.7. The van der Waals surface area contributed by atoms with Gasteiger partial charge in [0.15, 0.2) is 16.6 Å². The van der Waals surface area contributed by atoms with Gasteiger partial charge in [0.2, 0.25) is 0 Å². The van der Waals surface area contributed by atoms with Crippen molar-refractivity contribution in [2.24, 2.45) is 5.10 Å². The van der Waals surface area contributed by atoms with Crippen LogP contribution in [0.1, 0.15) is 30.9 Å². The van der Waals surface area contributed by atoms with Crippen LogP contribution in [0.3, 0.4) is 0 Å². The fourth-order valence-electron chi connectivity index (χ4n) is 2.05. The lowest BCUT2D eigenvalue weighted by Crippen LogP contribution is -2.23. The van der Waals surface area contributed by atoms with Crippen LogP contribution in [0.15, 0.2) is 47.6 Å². The van der Waals surface area contributed by atoms with Gasteiger partial charge in [-0.1, -0.05) is 26.0 Å². The van der Waals surface area contributed by atoms with Crippen LogP contribution in [-0.2, 0) is 0 Å². The third-order valence-electron chi connectivity index (χ3n) is 3.42. The van der Waals surface area contributed by atoms with E-state index in [4.69, 9.17) is 17.0 Å². The summed E-state index contributed by atoms with van der Waals surface area (Å²) in [5.41, 5.74) is 5.71. The molecule has 0 bridgehead atoms. The number of phenolic OH excluding ortho intramolecular Hbond substituents is 1. The molecule has 0 aromatic heterocycles. The van der Waals surface area contributed by atoms with Crippen LogP contribution in [-0.4, -0.2) is 23.5 Å². The number of thiocarbonyl (C=S) groups is 1. The largest absolute Gasteiger partial charge is 0.504 e. The fourth-order valence-corrected chi connectivity index (χ4v) is 2.22. The molecule has 126 valence electrons. The molecule has 0 heterocycles. The van der Waals surface area contributed by atoms with Crippen molar-refractivity contribution in [1.29, 1.82) is 0 Å². The number of hydrazone groups is 1. The van der Waals surface area contributed by atoms with E-state index in [0.29, 0.717) is 16.8 Å². The highest BCUT2D eigenvalue weighted by Gasteiger charge is 2.02. The van der Waals surface area contributed by atoms with Crippen molar-refractivity contribution in [3.8, 4) is 11.5 Å². The molecule has 24 heavy (non-hydrogen) atoms. The van der Waals surface area contributed by atoms with Crippen molar-refractivity contribution in [2.45, 2.75) is 19.8 Å². The van der Waals surface area contributed by atoms with Gasteiger partial charge in [0.05, 0.1) is 13.3 Å². The molecule has 0 aliphatic carbocycles. The van der Waals surface area contributed by atoms with Crippen molar-refractivity contribution in [2.75, 3.05) is 12.4 Å². The van der Waals surface area contributed by atoms with Crippen molar-refractivity contribution in [3.63, 3.8) is 0 Å². The van der Waals surface area contributed by atoms with Gasteiger partial charge in [-0.3, -0.25) is 5.43 Å². The van der Waals surface area contributed by atoms with Crippen molar-refractivity contribution in [1.82, 2.24) is 5.43 Å². The first-order valence-electron chi connectivity index (χ1n) is 7.56. The Hall–Kier alpha value is -2.60. The molecule has 3 N–H and O–H groups in total. The number of hydrogen-bond acceptors (Lipinski definition) is 4. The van der Waals surface area contributed by atoms with E-state index in [1.54, 1.807) is 24.4 Å². The summed E-state index contributed by atoms with van der Waals surface area (Å²) in [7, 11) is 1.50. The molecule has 0 unspecified atom stereocenters. The summed E-state index contributed by atoms with van der Waals surface area (Å²) in [6.45, 7) is 4.31. The third-order valence-corrected chi connectivity index (χ3v) is 3.61. The van der Waals surface area contributed by atoms with Gasteiger partial charge >= 0.3 is 0 Å². The number of phenols is 1. The number of aromatic hydroxyl groups is 1. The molecule has 0 aliphatic rings. The van der Waals surface area contributed by atoms with E-state index >= 15 is 0 Å². The molecule has 0 amide bonds. The standard InChI is InChI=1S/C18H21N3O2S/c1-12(2)14-5-7-15(8-6-14)20-18(24)21-19-11-13-4-9-16(22)17(10-13)23-3/h4-12,22H,1-3H3,(H2,20,21,24)/b19-11+. The van der Waals surface area contributed by atoms with Crippen molar-refractivity contribution in [3.05, 3.63) is 53.6 Å². The molecule has 2 aromatic carbocycles. The van der Waals surface area contributed by atoms with E-state index < -0.39 is 0 Å². The number of anilines is 1. The summed E-state index contributed by atoms with van der Waals surface area (Å²) in [4.78, 5) is 0. The second kappa shape index (κ2) is 8.31. The average Bonchev–Trinajstić information content (AvgIpc) is 2.56. The normalized spacial score (nSPS) is 10.8. The lowest BCUT2D eigenvalue weighted by molar-refractivity contribution is 0.373. The lowest BCUT2D eigenvalue weighted by Gasteiger charge is -2.09. The Kier molecular flexibility index (Phi) is 6.14. The van der Waals surface area contributed by atoms with Crippen LogP contribution in [0.5, 0.6) is 11.5 Å². The van der Waals surface area contributed by atoms with E-state index in [2.05, 4.69) is 41.8 Å². The highest BCUT2D eigenvalue weighted by atomic mass is 32.1. The van der Waals surface area contributed by atoms with Crippen LogP contribution in [0.4, 0.5) is 5.69 Å². The monoisotopic (exact) mass is 343 g/mol. The minimum atomic E-state index is 0.0876. The average molecular weight is 343 g/mol. The molecule has 2 aromatic rings. The number of hydrogen-bond donors (Lipinski definition) is 3. The molecule has 0 atom stereocenters. The van der Waals surface area contributed by atoms with E-state index in [1.165, 1.54) is 12.7 Å². The summed E-state index contributed by atoms with van der Waals surface area (Å²) < 4.78 is 5.05. The summed E-state index contributed by atoms with van der Waals surface area (Å²) in [5, 5.41) is 17.1. The summed E-state index contributed by atoms with van der Waals surface area (Å²) in [5.74, 6) is 0.977. The van der Waals surface area contributed by atoms with Gasteiger partial charge < -0.3 is 15.2 Å². The molecule has 6 heteroatoms. The van der Waals surface area contributed by atoms with Gasteiger partial charge in [-0.2, -0.15) is 5.10 Å². The smallest absolute Gasteiger partial charge is 0.191 e. The molecular weight excluding hydrogens is 322 g/mol. The van der Waals surface area contributed by atoms with Gasteiger partial charge in [0, 0.05) is 5.69 Å². The number of nitrogens with one attached hydrogen (secondary N) is 2. The summed E-state index contributed by atoms with van der Waals surface area (Å²) in [6.07, 6.45) is 1.60. The maximum Gasteiger partial charge on any atom is 0.191 e. The zero-order valence-electron chi connectivity index (χ0n) is 13.9. The number of methoxy groups -OCH3 is 1. The molecule has 0 spiro atoms. The topological polar surface area (TPSA) is 65.9 Å². The third kappa shape index (κ3) is 4.96. The Bertz CT molecular complexity index is 728. The van der Waals surface area contributed by atoms with Gasteiger partial charge in [-0.15, -0.1) is 0 Å². The van der Waals surface area contributed by atoms with Crippen LogP contribution < -0.4 is 15.5 Å². The van der Waals surface area contributed by atoms with Crippen LogP contribution in [0.25, 0.3) is 0 Å². The molecule has 5 nitrogen and oxygen atoms in total. The highest BCUT2D eigenvalue weighted by molar-refractivity contribution is 7.80. The molecule has 0 fully saturated rings. The number of ether oxygens (including phenoxy) is 1. The van der Waals surface area contributed by atoms with Crippen LogP contribution in [0, 0.1) is 0 Å². The number of nitrogens with zero attached hydrogens (tertiary/aromatic N) is 1. The summed E-state index contributed by atoms with van der Waals surface area (Å²) >= 11 is 5.20.